The molecule has 2 rings (SSSR count). The first-order chi connectivity index (χ1) is 8.24. The van der Waals surface area contributed by atoms with Gasteiger partial charge in [0.2, 0.25) is 0 Å². The first-order valence-corrected chi connectivity index (χ1v) is 6.59. The Morgan fingerprint density at radius 3 is 2.71 bits per heavy atom. The molecule has 3 heteroatoms. The third kappa shape index (κ3) is 2.61. The summed E-state index contributed by atoms with van der Waals surface area (Å²) in [6.07, 6.45) is 1.70. The van der Waals surface area contributed by atoms with Crippen LogP contribution >= 0.6 is 15.9 Å². The van der Waals surface area contributed by atoms with Crippen molar-refractivity contribution in [1.29, 1.82) is 0 Å². The van der Waals surface area contributed by atoms with Gasteiger partial charge >= 0.3 is 0 Å². The fraction of sp³-hybridized carbons (Fsp3) is 0.286. The summed E-state index contributed by atoms with van der Waals surface area (Å²) in [6.45, 7) is 5.23. The van der Waals surface area contributed by atoms with Crippen molar-refractivity contribution in [3.8, 4) is 11.3 Å². The number of rotatable bonds is 4. The van der Waals surface area contributed by atoms with E-state index in [0.717, 1.165) is 22.3 Å². The molecule has 0 saturated carbocycles. The zero-order chi connectivity index (χ0) is 12.3. The lowest BCUT2D eigenvalue weighted by Crippen LogP contribution is -2.18. The highest BCUT2D eigenvalue weighted by Gasteiger charge is 2.14. The molecule has 0 fully saturated rings. The molecule has 1 unspecified atom stereocenters. The SMILES string of the molecule is CCNC(C)c1ccccc1-c1occc1Br. The fourth-order valence-electron chi connectivity index (χ4n) is 1.98. The van der Waals surface area contributed by atoms with E-state index in [4.69, 9.17) is 4.42 Å². The maximum absolute atomic E-state index is 5.54. The number of furan rings is 1. The Bertz CT molecular complexity index is 492. The van der Waals surface area contributed by atoms with Gasteiger partial charge in [-0.05, 0) is 41.0 Å². The van der Waals surface area contributed by atoms with Gasteiger partial charge in [-0.2, -0.15) is 0 Å². The summed E-state index contributed by atoms with van der Waals surface area (Å²) in [5.74, 6) is 0.894. The topological polar surface area (TPSA) is 25.2 Å². The number of hydrogen-bond donors (Lipinski definition) is 1. The van der Waals surface area contributed by atoms with E-state index in [0.29, 0.717) is 6.04 Å². The molecule has 0 bridgehead atoms. The summed E-state index contributed by atoms with van der Waals surface area (Å²) in [7, 11) is 0. The second-order valence-electron chi connectivity index (χ2n) is 3.96. The Morgan fingerprint density at radius 1 is 1.29 bits per heavy atom. The number of nitrogens with one attached hydrogen (secondary N) is 1. The highest BCUT2D eigenvalue weighted by molar-refractivity contribution is 9.10. The third-order valence-electron chi connectivity index (χ3n) is 2.80. The second-order valence-corrected chi connectivity index (χ2v) is 4.82. The molecule has 0 spiro atoms. The van der Waals surface area contributed by atoms with Crippen molar-refractivity contribution in [2.24, 2.45) is 0 Å². The van der Waals surface area contributed by atoms with Crippen LogP contribution in [-0.2, 0) is 0 Å². The summed E-state index contributed by atoms with van der Waals surface area (Å²) in [6, 6.07) is 10.6. The van der Waals surface area contributed by atoms with Crippen LogP contribution in [0.5, 0.6) is 0 Å². The van der Waals surface area contributed by atoms with Gasteiger partial charge in [-0.1, -0.05) is 31.2 Å². The Balaban J connectivity index is 2.44. The molecule has 1 aromatic heterocycles. The monoisotopic (exact) mass is 293 g/mol. The molecule has 0 aliphatic carbocycles. The standard InChI is InChI=1S/C14H16BrNO/c1-3-16-10(2)11-6-4-5-7-12(11)14-13(15)8-9-17-14/h4-10,16H,3H2,1-2H3. The molecule has 2 nitrogen and oxygen atoms in total. The predicted octanol–water partition coefficient (Wildman–Crippen LogP) is 4.38. The predicted molar refractivity (Wildman–Crippen MR) is 73.9 cm³/mol. The van der Waals surface area contributed by atoms with Gasteiger partial charge in [0.15, 0.2) is 0 Å². The summed E-state index contributed by atoms with van der Waals surface area (Å²) < 4.78 is 6.54. The molecular formula is C14H16BrNO. The minimum atomic E-state index is 0.313. The van der Waals surface area contributed by atoms with E-state index in [1.807, 2.05) is 12.1 Å². The van der Waals surface area contributed by atoms with Crippen molar-refractivity contribution in [1.82, 2.24) is 5.32 Å². The van der Waals surface area contributed by atoms with Crippen LogP contribution in [0.15, 0.2) is 45.5 Å². The molecule has 0 aliphatic heterocycles. The maximum atomic E-state index is 5.54. The Kier molecular flexibility index (Phi) is 4.02. The number of halogens is 1. The van der Waals surface area contributed by atoms with Gasteiger partial charge < -0.3 is 9.73 Å². The van der Waals surface area contributed by atoms with Crippen LogP contribution in [0.4, 0.5) is 0 Å². The zero-order valence-corrected chi connectivity index (χ0v) is 11.6. The van der Waals surface area contributed by atoms with Crippen molar-refractivity contribution >= 4 is 15.9 Å². The molecule has 1 heterocycles. The lowest BCUT2D eigenvalue weighted by atomic mass is 10.00. The van der Waals surface area contributed by atoms with Crippen molar-refractivity contribution in [2.75, 3.05) is 6.54 Å². The van der Waals surface area contributed by atoms with Gasteiger partial charge in [-0.25, -0.2) is 0 Å². The summed E-state index contributed by atoms with van der Waals surface area (Å²) >= 11 is 3.51. The Hall–Kier alpha value is -1.06. The molecule has 0 amide bonds. The van der Waals surface area contributed by atoms with Crippen LogP contribution in [0.25, 0.3) is 11.3 Å². The number of benzene rings is 1. The average molecular weight is 294 g/mol. The van der Waals surface area contributed by atoms with E-state index in [2.05, 4.69) is 53.3 Å². The Labute approximate surface area is 110 Å². The largest absolute Gasteiger partial charge is 0.463 e. The molecule has 0 radical (unpaired) electrons. The molecular weight excluding hydrogens is 278 g/mol. The molecule has 0 saturated heterocycles. The summed E-state index contributed by atoms with van der Waals surface area (Å²) in [5, 5.41) is 3.43. The minimum Gasteiger partial charge on any atom is -0.463 e. The van der Waals surface area contributed by atoms with E-state index in [9.17, 15) is 0 Å². The quantitative estimate of drug-likeness (QED) is 0.905. The van der Waals surface area contributed by atoms with E-state index >= 15 is 0 Å². The van der Waals surface area contributed by atoms with Crippen LogP contribution in [0.2, 0.25) is 0 Å². The highest BCUT2D eigenvalue weighted by Crippen LogP contribution is 2.33. The van der Waals surface area contributed by atoms with Crippen LogP contribution in [0.1, 0.15) is 25.5 Å². The first kappa shape index (κ1) is 12.4. The summed E-state index contributed by atoms with van der Waals surface area (Å²) in [5.41, 5.74) is 2.39. The van der Waals surface area contributed by atoms with Gasteiger partial charge in [0.05, 0.1) is 10.7 Å². The average Bonchev–Trinajstić information content (AvgIpc) is 2.76. The normalized spacial score (nSPS) is 12.6. The molecule has 1 N–H and O–H groups in total. The lowest BCUT2D eigenvalue weighted by Gasteiger charge is -2.16. The van der Waals surface area contributed by atoms with Gasteiger partial charge in [-0.15, -0.1) is 0 Å². The second kappa shape index (κ2) is 5.52. The van der Waals surface area contributed by atoms with Crippen LogP contribution < -0.4 is 5.32 Å². The Morgan fingerprint density at radius 2 is 2.06 bits per heavy atom. The molecule has 1 atom stereocenters. The number of hydrogen-bond acceptors (Lipinski definition) is 2. The van der Waals surface area contributed by atoms with Crippen LogP contribution in [0.3, 0.4) is 0 Å². The smallest absolute Gasteiger partial charge is 0.148 e. The van der Waals surface area contributed by atoms with Crippen LogP contribution in [0, 0.1) is 0 Å². The van der Waals surface area contributed by atoms with Gasteiger partial charge in [-0.3, -0.25) is 0 Å². The van der Waals surface area contributed by atoms with E-state index < -0.39 is 0 Å². The minimum absolute atomic E-state index is 0.313. The molecule has 17 heavy (non-hydrogen) atoms. The van der Waals surface area contributed by atoms with E-state index in [-0.39, 0.29) is 0 Å². The van der Waals surface area contributed by atoms with Gasteiger partial charge in [0.1, 0.15) is 5.76 Å². The fourth-order valence-corrected chi connectivity index (χ4v) is 2.40. The van der Waals surface area contributed by atoms with Gasteiger partial charge in [0.25, 0.3) is 0 Å². The van der Waals surface area contributed by atoms with Gasteiger partial charge in [0, 0.05) is 11.6 Å². The summed E-state index contributed by atoms with van der Waals surface area (Å²) in [4.78, 5) is 0. The molecule has 90 valence electrons. The van der Waals surface area contributed by atoms with E-state index in [1.54, 1.807) is 6.26 Å². The van der Waals surface area contributed by atoms with Crippen molar-refractivity contribution < 1.29 is 4.42 Å². The van der Waals surface area contributed by atoms with Crippen LogP contribution in [-0.4, -0.2) is 6.54 Å². The zero-order valence-electron chi connectivity index (χ0n) is 10.0. The van der Waals surface area contributed by atoms with Crippen molar-refractivity contribution in [3.05, 3.63) is 46.6 Å². The highest BCUT2D eigenvalue weighted by atomic mass is 79.9. The first-order valence-electron chi connectivity index (χ1n) is 5.79. The van der Waals surface area contributed by atoms with Crippen molar-refractivity contribution in [3.63, 3.8) is 0 Å². The van der Waals surface area contributed by atoms with Crippen molar-refractivity contribution in [2.45, 2.75) is 19.9 Å². The molecule has 2 aromatic rings. The lowest BCUT2D eigenvalue weighted by molar-refractivity contribution is 0.571. The third-order valence-corrected chi connectivity index (χ3v) is 3.42. The van der Waals surface area contributed by atoms with E-state index in [1.165, 1.54) is 5.56 Å². The molecule has 1 aromatic carbocycles. The molecule has 0 aliphatic rings. The maximum Gasteiger partial charge on any atom is 0.148 e.